The van der Waals surface area contributed by atoms with Crippen LogP contribution in [0.25, 0.3) is 0 Å². The van der Waals surface area contributed by atoms with Gasteiger partial charge in [-0.05, 0) is 25.1 Å². The summed E-state index contributed by atoms with van der Waals surface area (Å²) in [6.07, 6.45) is 0. The molecule has 0 saturated heterocycles. The molecule has 2 aromatic rings. The summed E-state index contributed by atoms with van der Waals surface area (Å²) < 4.78 is 19.9. The Morgan fingerprint density at radius 2 is 2.05 bits per heavy atom. The second-order valence-corrected chi connectivity index (χ2v) is 4.81. The molecule has 0 aliphatic rings. The number of rotatable bonds is 3. The Bertz CT molecular complexity index is 802. The van der Waals surface area contributed by atoms with Crippen molar-refractivity contribution in [2.45, 2.75) is 6.92 Å². The number of carbonyl (C=O) groups is 1. The topological polar surface area (TPSA) is 60.3 Å². The summed E-state index contributed by atoms with van der Waals surface area (Å²) in [6.45, 7) is 1.59. The summed E-state index contributed by atoms with van der Waals surface area (Å²) in [5.74, 6) is -1.08. The zero-order valence-corrected chi connectivity index (χ0v) is 12.4. The molecular weight excluding hydrogens is 286 g/mol. The van der Waals surface area contributed by atoms with E-state index in [1.165, 1.54) is 36.9 Å². The van der Waals surface area contributed by atoms with Crippen molar-refractivity contribution in [3.8, 4) is 0 Å². The minimum atomic E-state index is -0.628. The lowest BCUT2D eigenvalue weighted by Gasteiger charge is -2.16. The number of pyridine rings is 1. The smallest absolute Gasteiger partial charge is 0.341 e. The number of carbonyl (C=O) groups excluding carboxylic acids is 1. The Kier molecular flexibility index (Phi) is 4.35. The maximum Gasteiger partial charge on any atom is 0.341 e. The van der Waals surface area contributed by atoms with Gasteiger partial charge in [-0.3, -0.25) is 9.36 Å². The van der Waals surface area contributed by atoms with Crippen molar-refractivity contribution >= 4 is 30.8 Å². The van der Waals surface area contributed by atoms with E-state index in [2.05, 4.69) is 5.32 Å². The molecule has 1 aromatic carbocycles. The summed E-state index contributed by atoms with van der Waals surface area (Å²) in [4.78, 5) is 23.9. The molecule has 0 atom stereocenters. The largest absolute Gasteiger partial charge is 0.465 e. The fraction of sp³-hybridized carbons (Fsp3) is 0.200. The molecule has 1 heterocycles. The maximum atomic E-state index is 13.9. The number of halogens is 1. The number of aryl methyl sites for hydroxylation is 1. The van der Waals surface area contributed by atoms with Crippen LogP contribution < -0.4 is 16.3 Å². The highest BCUT2D eigenvalue weighted by Crippen LogP contribution is 2.22. The molecule has 22 heavy (non-hydrogen) atoms. The van der Waals surface area contributed by atoms with Crippen LogP contribution in [0, 0.1) is 12.7 Å². The molecule has 2 rings (SSSR count). The number of hydrogen-bond acceptors (Lipinski definition) is 4. The van der Waals surface area contributed by atoms with Gasteiger partial charge in [-0.1, -0.05) is 11.5 Å². The van der Waals surface area contributed by atoms with Crippen LogP contribution >= 0.6 is 0 Å². The average molecular weight is 300 g/mol. The summed E-state index contributed by atoms with van der Waals surface area (Å²) in [5.41, 5.74) is 0.586. The number of benzene rings is 1. The van der Waals surface area contributed by atoms with E-state index in [1.54, 1.807) is 6.92 Å². The van der Waals surface area contributed by atoms with Crippen LogP contribution in [-0.4, -0.2) is 25.5 Å². The number of aromatic nitrogens is 1. The van der Waals surface area contributed by atoms with E-state index in [0.717, 1.165) is 6.07 Å². The van der Waals surface area contributed by atoms with Crippen molar-refractivity contribution in [2.75, 3.05) is 12.4 Å². The lowest BCUT2D eigenvalue weighted by molar-refractivity contribution is 0.0601. The Hall–Kier alpha value is -2.57. The van der Waals surface area contributed by atoms with E-state index < -0.39 is 11.8 Å². The molecule has 0 bridgehead atoms. The quantitative estimate of drug-likeness (QED) is 0.682. The van der Waals surface area contributed by atoms with Crippen LogP contribution in [0.5, 0.6) is 0 Å². The van der Waals surface area contributed by atoms with Gasteiger partial charge < -0.3 is 10.1 Å². The number of hydrogen-bond donors (Lipinski definition) is 1. The lowest BCUT2D eigenvalue weighted by Crippen LogP contribution is -2.25. The molecule has 0 amide bonds. The van der Waals surface area contributed by atoms with Crippen molar-refractivity contribution in [2.24, 2.45) is 7.05 Å². The molecule has 7 heteroatoms. The Labute approximate surface area is 128 Å². The zero-order valence-electron chi connectivity index (χ0n) is 12.4. The van der Waals surface area contributed by atoms with Crippen LogP contribution in [0.2, 0.25) is 0 Å². The first kappa shape index (κ1) is 15.8. The number of esters is 1. The minimum Gasteiger partial charge on any atom is -0.465 e. The van der Waals surface area contributed by atoms with Crippen LogP contribution in [0.4, 0.5) is 15.9 Å². The molecule has 0 saturated carbocycles. The van der Waals surface area contributed by atoms with Crippen LogP contribution in [0.15, 0.2) is 29.1 Å². The number of nitrogens with zero attached hydrogens (tertiary/aromatic N) is 1. The number of nitrogens with one attached hydrogen (secondary N) is 1. The van der Waals surface area contributed by atoms with Crippen LogP contribution in [0.1, 0.15) is 15.9 Å². The van der Waals surface area contributed by atoms with E-state index in [4.69, 9.17) is 12.6 Å². The predicted molar refractivity (Wildman–Crippen MR) is 82.8 cm³/mol. The third-order valence-corrected chi connectivity index (χ3v) is 3.24. The maximum absolute atomic E-state index is 13.9. The summed E-state index contributed by atoms with van der Waals surface area (Å²) in [5, 5.41) is 2.75. The third kappa shape index (κ3) is 2.88. The molecule has 0 unspecified atom stereocenters. The summed E-state index contributed by atoms with van der Waals surface area (Å²) in [6, 6.07) is 5.49. The monoisotopic (exact) mass is 300 g/mol. The van der Waals surface area contributed by atoms with Crippen LogP contribution in [-0.2, 0) is 11.8 Å². The summed E-state index contributed by atoms with van der Waals surface area (Å²) >= 11 is 0. The highest BCUT2D eigenvalue weighted by molar-refractivity contribution is 6.32. The van der Waals surface area contributed by atoms with Gasteiger partial charge in [0.1, 0.15) is 25.0 Å². The van der Waals surface area contributed by atoms with Gasteiger partial charge in [0, 0.05) is 12.6 Å². The van der Waals surface area contributed by atoms with Crippen molar-refractivity contribution in [1.29, 1.82) is 0 Å². The first-order chi connectivity index (χ1) is 10.3. The third-order valence-electron chi connectivity index (χ3n) is 3.24. The molecular formula is C15H14BFN2O3. The molecule has 0 spiro atoms. The van der Waals surface area contributed by atoms with E-state index in [9.17, 15) is 14.0 Å². The molecule has 1 aromatic heterocycles. The summed E-state index contributed by atoms with van der Waals surface area (Å²) in [7, 11) is 8.22. The molecule has 112 valence electrons. The van der Waals surface area contributed by atoms with Gasteiger partial charge in [-0.2, -0.15) is 0 Å². The zero-order chi connectivity index (χ0) is 16.4. The molecule has 5 nitrogen and oxygen atoms in total. The minimum absolute atomic E-state index is 0.0956. The second kappa shape index (κ2) is 6.05. The van der Waals surface area contributed by atoms with Crippen molar-refractivity contribution in [3.05, 3.63) is 51.6 Å². The number of ether oxygens (including phenoxy) is 1. The molecule has 1 N–H and O–H groups in total. The van der Waals surface area contributed by atoms with Gasteiger partial charge in [-0.25, -0.2) is 9.18 Å². The standard InChI is InChI=1S/C15H14BFN2O3/c1-8-6-10(15(21)22-3)13(19(2)14(8)20)18-12-5-4-9(16)7-11(12)17/h4-7,18H,1-3H3. The average Bonchev–Trinajstić information content (AvgIpc) is 2.49. The van der Waals surface area contributed by atoms with E-state index in [0.29, 0.717) is 5.56 Å². The fourth-order valence-corrected chi connectivity index (χ4v) is 2.07. The van der Waals surface area contributed by atoms with Gasteiger partial charge >= 0.3 is 5.97 Å². The molecule has 0 aliphatic heterocycles. The SMILES string of the molecule is [B]c1ccc(Nc2c(C(=O)OC)cc(C)c(=O)n2C)c(F)c1. The van der Waals surface area contributed by atoms with Gasteiger partial charge in [0.05, 0.1) is 12.8 Å². The molecule has 0 aliphatic carbocycles. The normalized spacial score (nSPS) is 10.4. The number of methoxy groups -OCH3 is 1. The van der Waals surface area contributed by atoms with Crippen molar-refractivity contribution in [1.82, 2.24) is 4.57 Å². The van der Waals surface area contributed by atoms with Crippen molar-refractivity contribution < 1.29 is 13.9 Å². The molecule has 0 fully saturated rings. The first-order valence-corrected chi connectivity index (χ1v) is 6.46. The van der Waals surface area contributed by atoms with Crippen molar-refractivity contribution in [3.63, 3.8) is 0 Å². The van der Waals surface area contributed by atoms with Gasteiger partial charge in [-0.15, -0.1) is 0 Å². The van der Waals surface area contributed by atoms with Gasteiger partial charge in [0.25, 0.3) is 5.56 Å². The molecule has 2 radical (unpaired) electrons. The van der Waals surface area contributed by atoms with Gasteiger partial charge in [0.15, 0.2) is 0 Å². The Morgan fingerprint density at radius 1 is 1.36 bits per heavy atom. The first-order valence-electron chi connectivity index (χ1n) is 6.46. The van der Waals surface area contributed by atoms with E-state index >= 15 is 0 Å². The Balaban J connectivity index is 2.60. The highest BCUT2D eigenvalue weighted by atomic mass is 19.1. The lowest BCUT2D eigenvalue weighted by atomic mass is 9.96. The predicted octanol–water partition coefficient (Wildman–Crippen LogP) is 1.16. The fourth-order valence-electron chi connectivity index (χ4n) is 2.07. The van der Waals surface area contributed by atoms with E-state index in [1.807, 2.05) is 0 Å². The van der Waals surface area contributed by atoms with E-state index in [-0.39, 0.29) is 28.1 Å². The second-order valence-electron chi connectivity index (χ2n) is 4.81. The number of anilines is 2. The Morgan fingerprint density at radius 3 is 2.64 bits per heavy atom. The van der Waals surface area contributed by atoms with Crippen LogP contribution in [0.3, 0.4) is 0 Å². The highest BCUT2D eigenvalue weighted by Gasteiger charge is 2.18. The van der Waals surface area contributed by atoms with Gasteiger partial charge in [0.2, 0.25) is 0 Å².